The maximum Gasteiger partial charge on any atom is 0.249 e. The molecule has 0 aromatic heterocycles. The van der Waals surface area contributed by atoms with E-state index in [4.69, 9.17) is 0 Å². The SMILES string of the molecule is CCN1CCN(C(=O)[C@@H]2CCCN2C(=O)/C(C)=C/[C@H](C(C)C)N(C)C(=O)CNC=O)CC1. The van der Waals surface area contributed by atoms with Gasteiger partial charge in [0.25, 0.3) is 0 Å². The van der Waals surface area contributed by atoms with Crippen LogP contribution in [0.4, 0.5) is 0 Å². The molecule has 0 unspecified atom stereocenters. The van der Waals surface area contributed by atoms with Crippen LogP contribution in [-0.2, 0) is 19.2 Å². The fourth-order valence-corrected chi connectivity index (χ4v) is 4.49. The number of hydrogen-bond donors (Lipinski definition) is 1. The van der Waals surface area contributed by atoms with Gasteiger partial charge in [-0.25, -0.2) is 0 Å². The van der Waals surface area contributed by atoms with E-state index in [0.29, 0.717) is 38.0 Å². The Morgan fingerprint density at radius 1 is 1.12 bits per heavy atom. The molecular formula is C23H39N5O4. The van der Waals surface area contributed by atoms with Gasteiger partial charge in [0.05, 0.1) is 12.6 Å². The summed E-state index contributed by atoms with van der Waals surface area (Å²) in [5.74, 6) is -0.251. The van der Waals surface area contributed by atoms with E-state index >= 15 is 0 Å². The first-order valence-corrected chi connectivity index (χ1v) is 11.6. The van der Waals surface area contributed by atoms with Gasteiger partial charge in [-0.1, -0.05) is 26.8 Å². The molecule has 9 nitrogen and oxygen atoms in total. The van der Waals surface area contributed by atoms with E-state index in [2.05, 4.69) is 17.1 Å². The molecule has 2 atom stereocenters. The summed E-state index contributed by atoms with van der Waals surface area (Å²) in [4.78, 5) is 56.8. The second-order valence-electron chi connectivity index (χ2n) is 9.00. The minimum Gasteiger partial charge on any atom is -0.350 e. The van der Waals surface area contributed by atoms with Crippen LogP contribution in [0, 0.1) is 5.92 Å². The van der Waals surface area contributed by atoms with Crippen molar-refractivity contribution in [3.63, 3.8) is 0 Å². The van der Waals surface area contributed by atoms with Gasteiger partial charge in [-0.2, -0.15) is 0 Å². The molecule has 9 heteroatoms. The number of piperazine rings is 1. The molecule has 0 aromatic rings. The lowest BCUT2D eigenvalue weighted by atomic mass is 9.99. The highest BCUT2D eigenvalue weighted by molar-refractivity contribution is 5.97. The highest BCUT2D eigenvalue weighted by atomic mass is 16.2. The van der Waals surface area contributed by atoms with Crippen molar-refractivity contribution in [2.45, 2.75) is 52.6 Å². The van der Waals surface area contributed by atoms with Crippen molar-refractivity contribution in [3.05, 3.63) is 11.6 Å². The highest BCUT2D eigenvalue weighted by Gasteiger charge is 2.38. The maximum atomic E-state index is 13.3. The fourth-order valence-electron chi connectivity index (χ4n) is 4.49. The van der Waals surface area contributed by atoms with E-state index in [1.807, 2.05) is 24.8 Å². The van der Waals surface area contributed by atoms with Crippen LogP contribution in [0.3, 0.4) is 0 Å². The molecule has 2 heterocycles. The number of carbonyl (C=O) groups is 4. The number of likely N-dealkylation sites (tertiary alicyclic amines) is 1. The third-order valence-corrected chi connectivity index (χ3v) is 6.55. The second-order valence-corrected chi connectivity index (χ2v) is 9.00. The van der Waals surface area contributed by atoms with Gasteiger partial charge in [0.2, 0.25) is 24.1 Å². The van der Waals surface area contributed by atoms with Crippen LogP contribution < -0.4 is 5.32 Å². The quantitative estimate of drug-likeness (QED) is 0.404. The number of carbonyl (C=O) groups excluding carboxylic acids is 4. The summed E-state index contributed by atoms with van der Waals surface area (Å²) in [7, 11) is 1.67. The largest absolute Gasteiger partial charge is 0.350 e. The summed E-state index contributed by atoms with van der Waals surface area (Å²) >= 11 is 0. The van der Waals surface area contributed by atoms with Crippen LogP contribution in [0.2, 0.25) is 0 Å². The Kier molecular flexibility index (Phi) is 9.68. The molecule has 2 fully saturated rings. The smallest absolute Gasteiger partial charge is 0.249 e. The maximum absolute atomic E-state index is 13.3. The first-order chi connectivity index (χ1) is 15.2. The molecule has 0 saturated carbocycles. The lowest BCUT2D eigenvalue weighted by Gasteiger charge is -2.37. The van der Waals surface area contributed by atoms with Crippen molar-refractivity contribution < 1.29 is 19.2 Å². The zero-order chi connectivity index (χ0) is 23.8. The minimum atomic E-state index is -0.410. The van der Waals surface area contributed by atoms with Gasteiger partial charge >= 0.3 is 0 Å². The fraction of sp³-hybridized carbons (Fsp3) is 0.739. The van der Waals surface area contributed by atoms with Crippen LogP contribution in [0.1, 0.15) is 40.5 Å². The normalized spacial score (nSPS) is 20.9. The van der Waals surface area contributed by atoms with Crippen molar-refractivity contribution in [2.75, 3.05) is 52.9 Å². The molecule has 0 aliphatic carbocycles. The van der Waals surface area contributed by atoms with Crippen molar-refractivity contribution in [1.29, 1.82) is 0 Å². The minimum absolute atomic E-state index is 0.0482. The molecule has 0 bridgehead atoms. The third-order valence-electron chi connectivity index (χ3n) is 6.55. The Bertz CT molecular complexity index is 715. The topological polar surface area (TPSA) is 93.3 Å². The van der Waals surface area contributed by atoms with E-state index < -0.39 is 6.04 Å². The summed E-state index contributed by atoms with van der Waals surface area (Å²) in [5, 5.41) is 2.39. The first-order valence-electron chi connectivity index (χ1n) is 11.6. The molecule has 32 heavy (non-hydrogen) atoms. The molecule has 2 aliphatic heterocycles. The van der Waals surface area contributed by atoms with Gasteiger partial charge in [0, 0.05) is 45.3 Å². The predicted molar refractivity (Wildman–Crippen MR) is 123 cm³/mol. The molecular weight excluding hydrogens is 410 g/mol. The molecule has 0 aromatic carbocycles. The molecule has 180 valence electrons. The number of nitrogens with zero attached hydrogens (tertiary/aromatic N) is 4. The molecule has 4 amide bonds. The summed E-state index contributed by atoms with van der Waals surface area (Å²) in [6, 6.07) is -0.702. The summed E-state index contributed by atoms with van der Waals surface area (Å²) < 4.78 is 0. The lowest BCUT2D eigenvalue weighted by molar-refractivity contribution is -0.143. The summed E-state index contributed by atoms with van der Waals surface area (Å²) in [5.41, 5.74) is 0.530. The van der Waals surface area contributed by atoms with E-state index in [1.165, 1.54) is 0 Å². The molecule has 2 saturated heterocycles. The van der Waals surface area contributed by atoms with Crippen LogP contribution in [0.5, 0.6) is 0 Å². The van der Waals surface area contributed by atoms with E-state index in [0.717, 1.165) is 26.1 Å². The van der Waals surface area contributed by atoms with Crippen LogP contribution in [0.25, 0.3) is 0 Å². The number of hydrogen-bond acceptors (Lipinski definition) is 5. The number of nitrogens with one attached hydrogen (secondary N) is 1. The van der Waals surface area contributed by atoms with Crippen molar-refractivity contribution >= 4 is 24.1 Å². The first kappa shape index (κ1) is 25.8. The molecule has 2 rings (SSSR count). The molecule has 2 aliphatic rings. The van der Waals surface area contributed by atoms with Crippen LogP contribution >= 0.6 is 0 Å². The molecule has 0 spiro atoms. The monoisotopic (exact) mass is 449 g/mol. The zero-order valence-corrected chi connectivity index (χ0v) is 20.2. The van der Waals surface area contributed by atoms with Crippen molar-refractivity contribution in [2.24, 2.45) is 5.92 Å². The lowest BCUT2D eigenvalue weighted by Crippen LogP contribution is -2.54. The van der Waals surface area contributed by atoms with E-state index in [-0.39, 0.29) is 36.2 Å². The van der Waals surface area contributed by atoms with Gasteiger partial charge in [-0.3, -0.25) is 19.2 Å². The summed E-state index contributed by atoms with van der Waals surface area (Å²) in [6.45, 7) is 12.5. The Morgan fingerprint density at radius 2 is 1.78 bits per heavy atom. The Balaban J connectivity index is 2.09. The number of rotatable bonds is 9. The Hall–Kier alpha value is -2.42. The number of amides is 4. The number of likely N-dealkylation sites (N-methyl/N-ethyl adjacent to an activating group) is 2. The van der Waals surface area contributed by atoms with Crippen LogP contribution in [-0.4, -0.2) is 109 Å². The standard InChI is InChI=1S/C23H39N5O4/c1-6-26-10-12-27(13-11-26)23(32)19-8-7-9-28(19)22(31)18(4)14-20(17(2)3)25(5)21(30)15-24-16-29/h14,16-17,19-20H,6-13,15H2,1-5H3,(H,24,29)/b18-14+/t19-,20+/m0/s1. The van der Waals surface area contributed by atoms with Gasteiger partial charge in [0.15, 0.2) is 0 Å². The molecule has 1 N–H and O–H groups in total. The van der Waals surface area contributed by atoms with Gasteiger partial charge in [-0.05, 0) is 32.2 Å². The zero-order valence-electron chi connectivity index (χ0n) is 20.2. The van der Waals surface area contributed by atoms with Gasteiger partial charge in [-0.15, -0.1) is 0 Å². The molecule has 0 radical (unpaired) electrons. The van der Waals surface area contributed by atoms with E-state index in [1.54, 1.807) is 23.8 Å². The van der Waals surface area contributed by atoms with Crippen molar-refractivity contribution in [1.82, 2.24) is 24.9 Å². The van der Waals surface area contributed by atoms with Crippen molar-refractivity contribution in [3.8, 4) is 0 Å². The van der Waals surface area contributed by atoms with Gasteiger partial charge in [0.1, 0.15) is 6.04 Å². The average molecular weight is 450 g/mol. The van der Waals surface area contributed by atoms with E-state index in [9.17, 15) is 19.2 Å². The predicted octanol–water partition coefficient (Wildman–Crippen LogP) is 0.317. The Labute approximate surface area is 191 Å². The Morgan fingerprint density at radius 3 is 2.34 bits per heavy atom. The summed E-state index contributed by atoms with van der Waals surface area (Å²) in [6.07, 6.45) is 3.81. The highest BCUT2D eigenvalue weighted by Crippen LogP contribution is 2.23. The second kappa shape index (κ2) is 12.0. The van der Waals surface area contributed by atoms with Gasteiger partial charge < -0.3 is 24.9 Å². The van der Waals surface area contributed by atoms with Crippen LogP contribution in [0.15, 0.2) is 11.6 Å². The third kappa shape index (κ3) is 6.31. The average Bonchev–Trinajstić information content (AvgIpc) is 3.29.